The van der Waals surface area contributed by atoms with E-state index in [2.05, 4.69) is 43.0 Å². The van der Waals surface area contributed by atoms with Crippen LogP contribution in [0, 0.1) is 13.8 Å². The molecule has 2 unspecified atom stereocenters. The van der Waals surface area contributed by atoms with Crippen LogP contribution in [0.4, 0.5) is 5.69 Å². The van der Waals surface area contributed by atoms with E-state index in [1.54, 1.807) is 0 Å². The molecule has 2 atom stereocenters. The number of carbonyl (C=O) groups excluding carboxylic acids is 2. The molecule has 0 aromatic heterocycles. The fraction of sp³-hybridized carbons (Fsp3) is 0.412. The normalized spacial score (nSPS) is 19.8. The SMILES string of the molecule is CCOc1cc2c(cc1OCC)C1C(C(=O)N3CCN(c4cccc(C)c4C)CC3)c3ccccc3C(=O)N1CC2. The van der Waals surface area contributed by atoms with Gasteiger partial charge in [-0.25, -0.2) is 0 Å². The minimum atomic E-state index is -0.484. The minimum absolute atomic E-state index is 0.00751. The highest BCUT2D eigenvalue weighted by atomic mass is 16.5. The number of rotatable bonds is 6. The average molecular weight is 554 g/mol. The minimum Gasteiger partial charge on any atom is -0.490 e. The summed E-state index contributed by atoms with van der Waals surface area (Å²) in [4.78, 5) is 34.6. The van der Waals surface area contributed by atoms with E-state index in [1.807, 2.05) is 54.0 Å². The average Bonchev–Trinajstić information content (AvgIpc) is 2.99. The first-order valence-corrected chi connectivity index (χ1v) is 14.8. The Bertz CT molecular complexity index is 1480. The van der Waals surface area contributed by atoms with E-state index >= 15 is 0 Å². The number of piperazine rings is 1. The van der Waals surface area contributed by atoms with Crippen LogP contribution >= 0.6 is 0 Å². The molecule has 3 heterocycles. The van der Waals surface area contributed by atoms with Crippen LogP contribution in [-0.4, -0.2) is 67.6 Å². The maximum Gasteiger partial charge on any atom is 0.254 e. The summed E-state index contributed by atoms with van der Waals surface area (Å²) in [6, 6.07) is 17.8. The van der Waals surface area contributed by atoms with Crippen molar-refractivity contribution in [3.63, 3.8) is 0 Å². The number of aryl methyl sites for hydroxylation is 1. The van der Waals surface area contributed by atoms with Gasteiger partial charge in [0.1, 0.15) is 0 Å². The summed E-state index contributed by atoms with van der Waals surface area (Å²) in [7, 11) is 0. The van der Waals surface area contributed by atoms with Crippen molar-refractivity contribution in [3.05, 3.63) is 88.0 Å². The van der Waals surface area contributed by atoms with E-state index < -0.39 is 5.92 Å². The lowest BCUT2D eigenvalue weighted by Crippen LogP contribution is -2.54. The molecule has 0 aliphatic carbocycles. The quantitative estimate of drug-likeness (QED) is 0.415. The smallest absolute Gasteiger partial charge is 0.254 e. The van der Waals surface area contributed by atoms with Crippen molar-refractivity contribution in [2.75, 3.05) is 50.8 Å². The number of anilines is 1. The maximum atomic E-state index is 14.5. The van der Waals surface area contributed by atoms with Crippen LogP contribution in [0.1, 0.15) is 64.0 Å². The third-order valence-electron chi connectivity index (χ3n) is 8.96. The lowest BCUT2D eigenvalue weighted by Gasteiger charge is -2.47. The molecule has 0 spiro atoms. The number of fused-ring (bicyclic) bond motifs is 4. The Kier molecular flexibility index (Phi) is 7.37. The Hall–Kier alpha value is -4.00. The van der Waals surface area contributed by atoms with Crippen molar-refractivity contribution in [2.24, 2.45) is 0 Å². The molecule has 7 heteroatoms. The van der Waals surface area contributed by atoms with Crippen LogP contribution in [0.3, 0.4) is 0 Å². The summed E-state index contributed by atoms with van der Waals surface area (Å²) >= 11 is 0. The van der Waals surface area contributed by atoms with Gasteiger partial charge < -0.3 is 24.2 Å². The van der Waals surface area contributed by atoms with Gasteiger partial charge in [-0.2, -0.15) is 0 Å². The molecule has 41 heavy (non-hydrogen) atoms. The van der Waals surface area contributed by atoms with Crippen LogP contribution in [0.2, 0.25) is 0 Å². The lowest BCUT2D eigenvalue weighted by molar-refractivity contribution is -0.135. The second-order valence-corrected chi connectivity index (χ2v) is 11.2. The van der Waals surface area contributed by atoms with Gasteiger partial charge in [0.2, 0.25) is 5.91 Å². The summed E-state index contributed by atoms with van der Waals surface area (Å²) in [6.45, 7) is 12.7. The summed E-state index contributed by atoms with van der Waals surface area (Å²) in [5.41, 5.74) is 7.36. The van der Waals surface area contributed by atoms with E-state index in [9.17, 15) is 9.59 Å². The molecule has 3 aliphatic rings. The first-order chi connectivity index (χ1) is 19.9. The molecule has 7 nitrogen and oxygen atoms in total. The van der Waals surface area contributed by atoms with E-state index in [4.69, 9.17) is 9.47 Å². The second-order valence-electron chi connectivity index (χ2n) is 11.2. The van der Waals surface area contributed by atoms with Gasteiger partial charge in [-0.15, -0.1) is 0 Å². The zero-order chi connectivity index (χ0) is 28.7. The molecule has 3 aliphatic heterocycles. The van der Waals surface area contributed by atoms with E-state index in [0.717, 1.165) is 35.5 Å². The number of hydrogen-bond donors (Lipinski definition) is 0. The molecule has 0 radical (unpaired) electrons. The predicted octanol–water partition coefficient (Wildman–Crippen LogP) is 5.29. The maximum absolute atomic E-state index is 14.5. The fourth-order valence-electron chi connectivity index (χ4n) is 6.78. The number of hydrogen-bond acceptors (Lipinski definition) is 5. The molecule has 6 rings (SSSR count). The van der Waals surface area contributed by atoms with Gasteiger partial charge in [0.25, 0.3) is 5.91 Å². The van der Waals surface area contributed by atoms with Crippen molar-refractivity contribution >= 4 is 17.5 Å². The summed E-state index contributed by atoms with van der Waals surface area (Å²) < 4.78 is 11.9. The van der Waals surface area contributed by atoms with Crippen molar-refractivity contribution < 1.29 is 19.1 Å². The second kappa shape index (κ2) is 11.1. The molecule has 0 saturated carbocycles. The third-order valence-corrected chi connectivity index (χ3v) is 8.96. The number of amides is 2. The van der Waals surface area contributed by atoms with Crippen molar-refractivity contribution in [2.45, 2.75) is 46.1 Å². The van der Waals surface area contributed by atoms with Crippen LogP contribution in [0.25, 0.3) is 0 Å². The molecule has 3 aromatic carbocycles. The highest BCUT2D eigenvalue weighted by Gasteiger charge is 2.48. The lowest BCUT2D eigenvalue weighted by atomic mass is 9.75. The number of nitrogens with zero attached hydrogens (tertiary/aromatic N) is 3. The third kappa shape index (κ3) is 4.71. The highest BCUT2D eigenvalue weighted by molar-refractivity contribution is 6.01. The fourth-order valence-corrected chi connectivity index (χ4v) is 6.78. The Balaban J connectivity index is 1.36. The summed E-state index contributed by atoms with van der Waals surface area (Å²) in [6.07, 6.45) is 0.710. The summed E-state index contributed by atoms with van der Waals surface area (Å²) in [5, 5.41) is 0. The Labute approximate surface area is 242 Å². The van der Waals surface area contributed by atoms with Gasteiger partial charge in [-0.05, 0) is 86.2 Å². The predicted molar refractivity (Wildman–Crippen MR) is 160 cm³/mol. The van der Waals surface area contributed by atoms with Gasteiger partial charge in [0.15, 0.2) is 11.5 Å². The summed E-state index contributed by atoms with van der Waals surface area (Å²) in [5.74, 6) is 0.971. The van der Waals surface area contributed by atoms with E-state index in [0.29, 0.717) is 50.6 Å². The molecule has 2 amide bonds. The first kappa shape index (κ1) is 27.2. The van der Waals surface area contributed by atoms with Gasteiger partial charge in [0.05, 0.1) is 25.2 Å². The van der Waals surface area contributed by atoms with Crippen LogP contribution < -0.4 is 14.4 Å². The van der Waals surface area contributed by atoms with Gasteiger partial charge in [0, 0.05) is 44.0 Å². The van der Waals surface area contributed by atoms with Gasteiger partial charge >= 0.3 is 0 Å². The number of ether oxygens (including phenoxy) is 2. The number of benzene rings is 3. The largest absolute Gasteiger partial charge is 0.490 e. The zero-order valence-corrected chi connectivity index (χ0v) is 24.5. The van der Waals surface area contributed by atoms with Crippen molar-refractivity contribution in [1.29, 1.82) is 0 Å². The molecular weight excluding hydrogens is 514 g/mol. The van der Waals surface area contributed by atoms with Gasteiger partial charge in [-0.1, -0.05) is 30.3 Å². The molecule has 1 fully saturated rings. The van der Waals surface area contributed by atoms with Crippen molar-refractivity contribution in [1.82, 2.24) is 9.80 Å². The Morgan fingerprint density at radius 1 is 0.854 bits per heavy atom. The molecule has 0 bridgehead atoms. The standard InChI is InChI=1S/C34H39N3O4/c1-5-40-29-20-24-14-15-37-32(27(24)21-30(29)41-6-2)31(25-11-7-8-12-26(25)33(37)38)34(39)36-18-16-35(17-19-36)28-13-9-10-22(3)23(28)4/h7-13,20-21,31-32H,5-6,14-19H2,1-4H3. The van der Waals surface area contributed by atoms with Crippen LogP contribution in [0.15, 0.2) is 54.6 Å². The number of carbonyl (C=O) groups is 2. The first-order valence-electron chi connectivity index (χ1n) is 14.8. The zero-order valence-electron chi connectivity index (χ0n) is 24.5. The molecule has 1 saturated heterocycles. The topological polar surface area (TPSA) is 62.3 Å². The van der Waals surface area contributed by atoms with E-state index in [1.165, 1.54) is 16.8 Å². The van der Waals surface area contributed by atoms with E-state index in [-0.39, 0.29) is 17.9 Å². The molecule has 0 N–H and O–H groups in total. The molecular formula is C34H39N3O4. The monoisotopic (exact) mass is 553 g/mol. The molecule has 214 valence electrons. The van der Waals surface area contributed by atoms with Gasteiger partial charge in [-0.3, -0.25) is 9.59 Å². The van der Waals surface area contributed by atoms with Crippen LogP contribution in [-0.2, 0) is 11.2 Å². The highest BCUT2D eigenvalue weighted by Crippen LogP contribution is 2.49. The van der Waals surface area contributed by atoms with Crippen LogP contribution in [0.5, 0.6) is 11.5 Å². The Morgan fingerprint density at radius 2 is 1.56 bits per heavy atom. The molecule has 3 aromatic rings. The Morgan fingerprint density at radius 3 is 2.29 bits per heavy atom. The van der Waals surface area contributed by atoms with Crippen molar-refractivity contribution in [3.8, 4) is 11.5 Å².